The molecule has 1 aliphatic rings. The zero-order valence-electron chi connectivity index (χ0n) is 8.90. The molecule has 0 spiro atoms. The Morgan fingerprint density at radius 3 is 2.77 bits per heavy atom. The fourth-order valence-electron chi connectivity index (χ4n) is 2.33. The molecule has 0 amide bonds. The largest absolute Gasteiger partial charge is 0.311 e. The van der Waals surface area contributed by atoms with Crippen LogP contribution in [-0.2, 0) is 0 Å². The standard InChI is InChI=1S/C12H21N/c1-4-5-6-8-12(11(2)3)9-7-10-13-12/h1,11,13H,5-10H2,2-3H3. The van der Waals surface area contributed by atoms with E-state index in [1.807, 2.05) is 0 Å². The van der Waals surface area contributed by atoms with Gasteiger partial charge in [-0.15, -0.1) is 12.3 Å². The van der Waals surface area contributed by atoms with E-state index < -0.39 is 0 Å². The van der Waals surface area contributed by atoms with E-state index in [9.17, 15) is 0 Å². The highest BCUT2D eigenvalue weighted by molar-refractivity contribution is 4.96. The third kappa shape index (κ3) is 2.48. The molecule has 1 unspecified atom stereocenters. The molecule has 0 aromatic rings. The summed E-state index contributed by atoms with van der Waals surface area (Å²) in [6.07, 6.45) is 11.3. The highest BCUT2D eigenvalue weighted by Gasteiger charge is 2.35. The number of hydrogen-bond acceptors (Lipinski definition) is 1. The molecule has 0 aromatic heterocycles. The summed E-state index contributed by atoms with van der Waals surface area (Å²) in [5.74, 6) is 3.45. The van der Waals surface area contributed by atoms with Crippen molar-refractivity contribution in [2.75, 3.05) is 6.54 Å². The molecular formula is C12H21N. The number of hydrogen-bond donors (Lipinski definition) is 1. The Morgan fingerprint density at radius 2 is 2.31 bits per heavy atom. The molecule has 1 aliphatic heterocycles. The lowest BCUT2D eigenvalue weighted by Gasteiger charge is -2.34. The van der Waals surface area contributed by atoms with Crippen LogP contribution >= 0.6 is 0 Å². The van der Waals surface area contributed by atoms with E-state index in [2.05, 4.69) is 25.1 Å². The second kappa shape index (κ2) is 4.67. The maximum absolute atomic E-state index is 5.26. The van der Waals surface area contributed by atoms with Gasteiger partial charge < -0.3 is 5.32 Å². The molecule has 1 nitrogen and oxygen atoms in total. The van der Waals surface area contributed by atoms with Gasteiger partial charge in [-0.05, 0) is 38.1 Å². The summed E-state index contributed by atoms with van der Waals surface area (Å²) >= 11 is 0. The molecule has 0 radical (unpaired) electrons. The van der Waals surface area contributed by atoms with Crippen molar-refractivity contribution in [3.8, 4) is 12.3 Å². The molecule has 0 aromatic carbocycles. The molecular weight excluding hydrogens is 158 g/mol. The minimum atomic E-state index is 0.400. The van der Waals surface area contributed by atoms with Crippen molar-refractivity contribution < 1.29 is 0 Å². The highest BCUT2D eigenvalue weighted by Crippen LogP contribution is 2.32. The topological polar surface area (TPSA) is 12.0 Å². The van der Waals surface area contributed by atoms with Gasteiger partial charge in [0.1, 0.15) is 0 Å². The third-order valence-electron chi connectivity index (χ3n) is 3.33. The van der Waals surface area contributed by atoms with Crippen LogP contribution in [0.25, 0.3) is 0 Å². The summed E-state index contributed by atoms with van der Waals surface area (Å²) in [5.41, 5.74) is 0.400. The van der Waals surface area contributed by atoms with Crippen molar-refractivity contribution in [2.24, 2.45) is 5.92 Å². The molecule has 1 saturated heterocycles. The smallest absolute Gasteiger partial charge is 0.0205 e. The quantitative estimate of drug-likeness (QED) is 0.516. The monoisotopic (exact) mass is 179 g/mol. The number of terminal acetylenes is 1. The second-order valence-corrected chi connectivity index (χ2v) is 4.40. The summed E-state index contributed by atoms with van der Waals surface area (Å²) in [4.78, 5) is 0. The van der Waals surface area contributed by atoms with E-state index in [-0.39, 0.29) is 0 Å². The fraction of sp³-hybridized carbons (Fsp3) is 0.833. The van der Waals surface area contributed by atoms with Gasteiger partial charge in [0, 0.05) is 12.0 Å². The molecule has 1 N–H and O–H groups in total. The minimum absolute atomic E-state index is 0.400. The van der Waals surface area contributed by atoms with E-state index in [1.165, 1.54) is 32.2 Å². The van der Waals surface area contributed by atoms with Crippen molar-refractivity contribution in [3.63, 3.8) is 0 Å². The first-order valence-electron chi connectivity index (χ1n) is 5.40. The molecule has 0 saturated carbocycles. The van der Waals surface area contributed by atoms with Gasteiger partial charge in [0.15, 0.2) is 0 Å². The highest BCUT2D eigenvalue weighted by atomic mass is 15.0. The van der Waals surface area contributed by atoms with Gasteiger partial charge in [-0.2, -0.15) is 0 Å². The molecule has 1 fully saturated rings. The van der Waals surface area contributed by atoms with Gasteiger partial charge in [-0.3, -0.25) is 0 Å². The van der Waals surface area contributed by atoms with Crippen LogP contribution in [0, 0.1) is 18.3 Å². The van der Waals surface area contributed by atoms with Crippen molar-refractivity contribution in [1.29, 1.82) is 0 Å². The van der Waals surface area contributed by atoms with Crippen LogP contribution in [0.1, 0.15) is 46.0 Å². The first kappa shape index (κ1) is 10.6. The van der Waals surface area contributed by atoms with Gasteiger partial charge in [0.05, 0.1) is 0 Å². The van der Waals surface area contributed by atoms with Crippen molar-refractivity contribution >= 4 is 0 Å². The van der Waals surface area contributed by atoms with Gasteiger partial charge in [0.2, 0.25) is 0 Å². The molecule has 1 heterocycles. The minimum Gasteiger partial charge on any atom is -0.311 e. The van der Waals surface area contributed by atoms with E-state index in [4.69, 9.17) is 6.42 Å². The zero-order valence-corrected chi connectivity index (χ0v) is 8.90. The van der Waals surface area contributed by atoms with E-state index in [1.54, 1.807) is 0 Å². The Bertz CT molecular complexity index is 182. The summed E-state index contributed by atoms with van der Waals surface area (Å²) in [7, 11) is 0. The molecule has 13 heavy (non-hydrogen) atoms. The van der Waals surface area contributed by atoms with Crippen molar-refractivity contribution in [1.82, 2.24) is 5.32 Å². The predicted octanol–water partition coefficient (Wildman–Crippen LogP) is 2.57. The maximum Gasteiger partial charge on any atom is 0.0205 e. The summed E-state index contributed by atoms with van der Waals surface area (Å²) in [5, 5.41) is 3.66. The van der Waals surface area contributed by atoms with Crippen molar-refractivity contribution in [3.05, 3.63) is 0 Å². The molecule has 0 aliphatic carbocycles. The first-order valence-corrected chi connectivity index (χ1v) is 5.40. The summed E-state index contributed by atoms with van der Waals surface area (Å²) in [6.45, 7) is 5.82. The molecule has 1 atom stereocenters. The maximum atomic E-state index is 5.26. The number of nitrogens with one attached hydrogen (secondary N) is 1. The average Bonchev–Trinajstić information content (AvgIpc) is 2.55. The Balaban J connectivity index is 2.43. The Labute approximate surface area is 82.3 Å². The van der Waals surface area contributed by atoms with E-state index >= 15 is 0 Å². The van der Waals surface area contributed by atoms with Crippen LogP contribution < -0.4 is 5.32 Å². The van der Waals surface area contributed by atoms with Crippen molar-refractivity contribution in [2.45, 2.75) is 51.5 Å². The summed E-state index contributed by atoms with van der Waals surface area (Å²) in [6, 6.07) is 0. The van der Waals surface area contributed by atoms with Gasteiger partial charge >= 0.3 is 0 Å². The Kier molecular flexibility index (Phi) is 3.81. The SMILES string of the molecule is C#CCCCC1(C(C)C)CCCN1. The zero-order chi connectivity index (χ0) is 9.73. The fourth-order valence-corrected chi connectivity index (χ4v) is 2.33. The van der Waals surface area contributed by atoms with Gasteiger partial charge in [-0.25, -0.2) is 0 Å². The Morgan fingerprint density at radius 1 is 1.54 bits per heavy atom. The molecule has 1 heteroatoms. The van der Waals surface area contributed by atoms with Crippen LogP contribution in [0.2, 0.25) is 0 Å². The molecule has 0 bridgehead atoms. The first-order chi connectivity index (χ1) is 6.21. The average molecular weight is 179 g/mol. The van der Waals surface area contributed by atoms with Crippen LogP contribution in [0.5, 0.6) is 0 Å². The number of rotatable bonds is 4. The number of unbranched alkanes of at least 4 members (excludes halogenated alkanes) is 1. The second-order valence-electron chi connectivity index (χ2n) is 4.40. The van der Waals surface area contributed by atoms with Gasteiger partial charge in [0.25, 0.3) is 0 Å². The molecule has 1 rings (SSSR count). The van der Waals surface area contributed by atoms with Gasteiger partial charge in [-0.1, -0.05) is 13.8 Å². The molecule has 74 valence electrons. The summed E-state index contributed by atoms with van der Waals surface area (Å²) < 4.78 is 0. The van der Waals surface area contributed by atoms with E-state index in [0.29, 0.717) is 5.54 Å². The Hall–Kier alpha value is -0.480. The third-order valence-corrected chi connectivity index (χ3v) is 3.33. The van der Waals surface area contributed by atoms with Crippen LogP contribution in [0.3, 0.4) is 0 Å². The van der Waals surface area contributed by atoms with E-state index in [0.717, 1.165) is 12.3 Å². The van der Waals surface area contributed by atoms with Crippen LogP contribution in [0.4, 0.5) is 0 Å². The lowest BCUT2D eigenvalue weighted by atomic mass is 9.81. The predicted molar refractivity (Wildman–Crippen MR) is 57.5 cm³/mol. The van der Waals surface area contributed by atoms with Crippen LogP contribution in [0.15, 0.2) is 0 Å². The normalized spacial score (nSPS) is 27.8. The van der Waals surface area contributed by atoms with Crippen LogP contribution in [-0.4, -0.2) is 12.1 Å². The lowest BCUT2D eigenvalue weighted by Crippen LogP contribution is -2.44. The lowest BCUT2D eigenvalue weighted by molar-refractivity contribution is 0.247.